The number of alkyl halides is 2. The molecule has 1 N–H and O–H groups in total. The van der Waals surface area contributed by atoms with Crippen LogP contribution in [-0.2, 0) is 21.2 Å². The van der Waals surface area contributed by atoms with Gasteiger partial charge in [-0.3, -0.25) is 4.72 Å². The summed E-state index contributed by atoms with van der Waals surface area (Å²) in [4.78, 5) is 11.2. The first-order valence-corrected chi connectivity index (χ1v) is 14.6. The molecule has 1 aliphatic heterocycles. The smallest absolute Gasteiger partial charge is 0.387 e. The first-order valence-electron chi connectivity index (χ1n) is 12.7. The average molecular weight is 559 g/mol. The Bertz CT molecular complexity index is 1440. The zero-order valence-electron chi connectivity index (χ0n) is 21.7. The van der Waals surface area contributed by atoms with E-state index in [9.17, 15) is 27.1 Å². The molecule has 0 bridgehead atoms. The van der Waals surface area contributed by atoms with Crippen molar-refractivity contribution < 1.29 is 36.6 Å². The Labute approximate surface area is 226 Å². The second-order valence-corrected chi connectivity index (χ2v) is 11.3. The van der Waals surface area contributed by atoms with Gasteiger partial charge < -0.3 is 19.4 Å². The van der Waals surface area contributed by atoms with Gasteiger partial charge in [0.2, 0.25) is 10.0 Å². The molecule has 3 aromatic carbocycles. The van der Waals surface area contributed by atoms with E-state index in [4.69, 9.17) is 9.47 Å². The van der Waals surface area contributed by atoms with E-state index in [0.29, 0.717) is 41.0 Å². The van der Waals surface area contributed by atoms with E-state index < -0.39 is 34.6 Å². The third-order valence-corrected chi connectivity index (χ3v) is 7.31. The monoisotopic (exact) mass is 558 g/mol. The van der Waals surface area contributed by atoms with Crippen LogP contribution in [0.2, 0.25) is 0 Å². The van der Waals surface area contributed by atoms with Crippen molar-refractivity contribution in [2.75, 3.05) is 11.0 Å². The van der Waals surface area contributed by atoms with Gasteiger partial charge in [-0.15, -0.1) is 0 Å². The molecule has 1 aliphatic rings. The third kappa shape index (κ3) is 7.06. The van der Waals surface area contributed by atoms with Crippen LogP contribution in [0.3, 0.4) is 0 Å². The summed E-state index contributed by atoms with van der Waals surface area (Å²) in [6.45, 7) is -1.19. The van der Waals surface area contributed by atoms with E-state index in [1.165, 1.54) is 6.07 Å². The number of ether oxygens (including phenoxy) is 2. The minimum absolute atomic E-state index is 0.0401. The SMILES string of the molecule is CCC(CCCCc1cccc(C2Oc3cccc(OC(F)F)c3-c3ccc(NS(C)(=O)=O)cc32)c1)C(=O)[O-]. The summed E-state index contributed by atoms with van der Waals surface area (Å²) in [5, 5.41) is 11.2. The number of sulfonamides is 1. The highest BCUT2D eigenvalue weighted by Gasteiger charge is 2.31. The third-order valence-electron chi connectivity index (χ3n) is 6.70. The van der Waals surface area contributed by atoms with Gasteiger partial charge in [-0.2, -0.15) is 8.78 Å². The second-order valence-electron chi connectivity index (χ2n) is 9.60. The molecular formula is C29H30F2NO6S-. The number of hydrogen-bond acceptors (Lipinski definition) is 6. The van der Waals surface area contributed by atoms with Crippen LogP contribution in [0.4, 0.5) is 14.5 Å². The van der Waals surface area contributed by atoms with Gasteiger partial charge in [0.05, 0.1) is 11.8 Å². The summed E-state index contributed by atoms with van der Waals surface area (Å²) in [5.74, 6) is -1.13. The number of fused-ring (bicyclic) bond motifs is 3. The van der Waals surface area contributed by atoms with Gasteiger partial charge in [-0.1, -0.05) is 49.7 Å². The Kier molecular flexibility index (Phi) is 8.74. The molecule has 3 aromatic rings. The molecule has 0 amide bonds. The van der Waals surface area contributed by atoms with Gasteiger partial charge in [0.15, 0.2) is 0 Å². The fourth-order valence-electron chi connectivity index (χ4n) is 4.91. The van der Waals surface area contributed by atoms with Crippen LogP contribution in [-0.4, -0.2) is 27.3 Å². The molecule has 0 saturated carbocycles. The van der Waals surface area contributed by atoms with Crippen molar-refractivity contribution in [3.63, 3.8) is 0 Å². The number of carboxylic acid groups (broad SMARTS) is 1. The molecule has 0 saturated heterocycles. The van der Waals surface area contributed by atoms with Crippen molar-refractivity contribution in [1.82, 2.24) is 0 Å². The number of nitrogens with one attached hydrogen (secondary N) is 1. The van der Waals surface area contributed by atoms with Gasteiger partial charge in [0.1, 0.15) is 17.6 Å². The summed E-state index contributed by atoms with van der Waals surface area (Å²) >= 11 is 0. The van der Waals surface area contributed by atoms with Crippen molar-refractivity contribution in [3.05, 3.63) is 77.4 Å². The summed E-state index contributed by atoms with van der Waals surface area (Å²) in [5.41, 5.74) is 3.70. The van der Waals surface area contributed by atoms with Crippen LogP contribution < -0.4 is 19.3 Å². The molecule has 0 fully saturated rings. The second kappa shape index (κ2) is 12.0. The topological polar surface area (TPSA) is 105 Å². The highest BCUT2D eigenvalue weighted by Crippen LogP contribution is 2.50. The molecule has 39 heavy (non-hydrogen) atoms. The Morgan fingerprint density at radius 2 is 1.87 bits per heavy atom. The van der Waals surface area contributed by atoms with Crippen molar-refractivity contribution in [2.24, 2.45) is 5.92 Å². The standard InChI is InChI=1S/C29H31F2NO6S/c1-3-19(28(33)34)10-5-4-8-18-9-6-11-20(16-18)27-23-17-21(32-39(2,35)36)14-15-22(23)26-24(37-27)12-7-13-25(26)38-29(30)31/h6-7,9,11-17,19,27,29,32H,3-5,8,10H2,1-2H3,(H,33,34)/p-1. The van der Waals surface area contributed by atoms with Crippen LogP contribution in [0, 0.1) is 5.92 Å². The molecule has 208 valence electrons. The zero-order valence-corrected chi connectivity index (χ0v) is 22.5. The highest BCUT2D eigenvalue weighted by molar-refractivity contribution is 7.92. The molecule has 1 heterocycles. The number of hydrogen-bond donors (Lipinski definition) is 1. The number of benzene rings is 3. The first-order chi connectivity index (χ1) is 18.6. The van der Waals surface area contributed by atoms with E-state index in [-0.39, 0.29) is 5.75 Å². The molecule has 10 heteroatoms. The first kappa shape index (κ1) is 28.4. The number of rotatable bonds is 12. The Morgan fingerprint density at radius 3 is 2.56 bits per heavy atom. The largest absolute Gasteiger partial charge is 0.550 e. The van der Waals surface area contributed by atoms with E-state index in [1.54, 1.807) is 30.3 Å². The van der Waals surface area contributed by atoms with Gasteiger partial charge in [0, 0.05) is 17.2 Å². The molecule has 0 aromatic heterocycles. The Hall–Kier alpha value is -3.66. The molecule has 4 rings (SSSR count). The molecule has 2 unspecified atom stereocenters. The Balaban J connectivity index is 1.66. The minimum atomic E-state index is -3.56. The molecule has 0 radical (unpaired) electrons. The number of unbranched alkanes of at least 4 members (excludes halogenated alkanes) is 1. The maximum Gasteiger partial charge on any atom is 0.387 e. The quantitative estimate of drug-likeness (QED) is 0.303. The predicted molar refractivity (Wildman–Crippen MR) is 142 cm³/mol. The lowest BCUT2D eigenvalue weighted by Gasteiger charge is -2.31. The van der Waals surface area contributed by atoms with Crippen LogP contribution >= 0.6 is 0 Å². The maximum atomic E-state index is 13.2. The van der Waals surface area contributed by atoms with E-state index >= 15 is 0 Å². The van der Waals surface area contributed by atoms with Gasteiger partial charge in [0.25, 0.3) is 0 Å². The van der Waals surface area contributed by atoms with Crippen molar-refractivity contribution >= 4 is 21.7 Å². The summed E-state index contributed by atoms with van der Waals surface area (Å²) in [6.07, 6.45) is 3.79. The number of anilines is 1. The molecule has 7 nitrogen and oxygen atoms in total. The van der Waals surface area contributed by atoms with E-state index in [2.05, 4.69) is 4.72 Å². The maximum absolute atomic E-state index is 13.2. The number of carbonyl (C=O) groups excluding carboxylic acids is 1. The van der Waals surface area contributed by atoms with Crippen molar-refractivity contribution in [2.45, 2.75) is 51.7 Å². The highest BCUT2D eigenvalue weighted by atomic mass is 32.2. The van der Waals surface area contributed by atoms with Gasteiger partial charge >= 0.3 is 6.61 Å². The fraction of sp³-hybridized carbons (Fsp3) is 0.345. The average Bonchev–Trinajstić information content (AvgIpc) is 2.87. The summed E-state index contributed by atoms with van der Waals surface area (Å²) in [7, 11) is -3.56. The lowest BCUT2D eigenvalue weighted by atomic mass is 9.88. The van der Waals surface area contributed by atoms with Crippen molar-refractivity contribution in [1.29, 1.82) is 0 Å². The number of halogens is 2. The zero-order chi connectivity index (χ0) is 28.2. The van der Waals surface area contributed by atoms with Crippen LogP contribution in [0.1, 0.15) is 55.4 Å². The lowest BCUT2D eigenvalue weighted by Crippen LogP contribution is -2.30. The van der Waals surface area contributed by atoms with Crippen molar-refractivity contribution in [3.8, 4) is 22.6 Å². The Morgan fingerprint density at radius 1 is 1.10 bits per heavy atom. The molecular weight excluding hydrogens is 528 g/mol. The predicted octanol–water partition coefficient (Wildman–Crippen LogP) is 5.30. The van der Waals surface area contributed by atoms with E-state index in [0.717, 1.165) is 36.6 Å². The number of carboxylic acids is 1. The van der Waals surface area contributed by atoms with Gasteiger partial charge in [-0.25, -0.2) is 8.42 Å². The number of carbonyl (C=O) groups is 1. The molecule has 2 atom stereocenters. The fourth-order valence-corrected chi connectivity index (χ4v) is 5.47. The molecule has 0 aliphatic carbocycles. The van der Waals surface area contributed by atoms with E-state index in [1.807, 2.05) is 31.2 Å². The van der Waals surface area contributed by atoms with Gasteiger partial charge in [-0.05, 0) is 72.6 Å². The normalized spacial score (nSPS) is 15.2. The number of aliphatic carboxylic acids is 1. The van der Waals surface area contributed by atoms with Crippen LogP contribution in [0.15, 0.2) is 60.7 Å². The summed E-state index contributed by atoms with van der Waals surface area (Å²) in [6, 6.07) is 17.3. The number of aryl methyl sites for hydroxylation is 1. The minimum Gasteiger partial charge on any atom is -0.550 e. The lowest BCUT2D eigenvalue weighted by molar-refractivity contribution is -0.311. The van der Waals surface area contributed by atoms with Crippen LogP contribution in [0.25, 0.3) is 11.1 Å². The van der Waals surface area contributed by atoms with Crippen LogP contribution in [0.5, 0.6) is 11.5 Å². The summed E-state index contributed by atoms with van der Waals surface area (Å²) < 4.78 is 63.6. The molecule has 0 spiro atoms.